The zero-order chi connectivity index (χ0) is 26.6. The Balaban J connectivity index is 2.50. The minimum atomic E-state index is -4.03. The van der Waals surface area contributed by atoms with Crippen molar-refractivity contribution < 1.29 is 22.4 Å². The number of nitrogens with zero attached hydrogens (tertiary/aromatic N) is 2. The van der Waals surface area contributed by atoms with Crippen LogP contribution in [-0.4, -0.2) is 49.5 Å². The quantitative estimate of drug-likeness (QED) is 0.498. The van der Waals surface area contributed by atoms with Gasteiger partial charge in [0, 0.05) is 12.1 Å². The van der Waals surface area contributed by atoms with E-state index in [4.69, 9.17) is 23.2 Å². The SMILES string of the molecule is CC[C@@H](C(=O)NC(C)(C)C)N(Cc1ccc(Cl)c(Cl)c1)C(=O)CN(c1ccccc1F)S(C)(=O)=O. The lowest BCUT2D eigenvalue weighted by atomic mass is 10.1. The molecule has 0 aliphatic heterocycles. The van der Waals surface area contributed by atoms with E-state index in [-0.39, 0.29) is 23.7 Å². The van der Waals surface area contributed by atoms with Gasteiger partial charge in [-0.1, -0.05) is 48.3 Å². The standard InChI is InChI=1S/C24H30Cl2FN3O4S/c1-6-20(23(32)28-24(2,3)4)29(14-16-11-12-17(25)18(26)13-16)22(31)15-30(35(5,33)34)21-10-8-7-9-19(21)27/h7-13,20H,6,14-15H2,1-5H3,(H,28,32)/t20-/m0/s1. The third kappa shape index (κ3) is 8.08. The lowest BCUT2D eigenvalue weighted by molar-refractivity contribution is -0.141. The summed E-state index contributed by atoms with van der Waals surface area (Å²) in [5.41, 5.74) is -0.231. The summed E-state index contributed by atoms with van der Waals surface area (Å²) >= 11 is 12.1. The van der Waals surface area contributed by atoms with Crippen LogP contribution in [-0.2, 0) is 26.2 Å². The Labute approximate surface area is 216 Å². The van der Waals surface area contributed by atoms with Crippen molar-refractivity contribution in [3.05, 3.63) is 63.9 Å². The third-order valence-electron chi connectivity index (χ3n) is 5.02. The van der Waals surface area contributed by atoms with Crippen LogP contribution < -0.4 is 9.62 Å². The van der Waals surface area contributed by atoms with Crippen LogP contribution in [0, 0.1) is 5.82 Å². The van der Waals surface area contributed by atoms with E-state index >= 15 is 0 Å². The van der Waals surface area contributed by atoms with Gasteiger partial charge in [-0.2, -0.15) is 0 Å². The van der Waals surface area contributed by atoms with E-state index in [1.54, 1.807) is 25.1 Å². The van der Waals surface area contributed by atoms with Crippen molar-refractivity contribution >= 4 is 50.7 Å². The first-order valence-electron chi connectivity index (χ1n) is 10.9. The maximum Gasteiger partial charge on any atom is 0.244 e. The van der Waals surface area contributed by atoms with Gasteiger partial charge in [0.15, 0.2) is 0 Å². The molecule has 2 amide bonds. The third-order valence-corrected chi connectivity index (χ3v) is 6.89. The van der Waals surface area contributed by atoms with E-state index < -0.39 is 45.8 Å². The summed E-state index contributed by atoms with van der Waals surface area (Å²) in [5, 5.41) is 3.46. The number of benzene rings is 2. The Bertz CT molecular complexity index is 1190. The van der Waals surface area contributed by atoms with Crippen LogP contribution in [0.25, 0.3) is 0 Å². The van der Waals surface area contributed by atoms with Gasteiger partial charge in [-0.25, -0.2) is 12.8 Å². The zero-order valence-electron chi connectivity index (χ0n) is 20.3. The van der Waals surface area contributed by atoms with Crippen molar-refractivity contribution in [3.63, 3.8) is 0 Å². The van der Waals surface area contributed by atoms with E-state index in [9.17, 15) is 22.4 Å². The van der Waals surface area contributed by atoms with E-state index in [1.165, 1.54) is 23.1 Å². The predicted octanol–water partition coefficient (Wildman–Crippen LogP) is 4.62. The first-order valence-corrected chi connectivity index (χ1v) is 13.5. The molecule has 0 bridgehead atoms. The van der Waals surface area contributed by atoms with Gasteiger partial charge in [-0.15, -0.1) is 0 Å². The summed E-state index contributed by atoms with van der Waals surface area (Å²) in [7, 11) is -4.03. The van der Waals surface area contributed by atoms with E-state index in [0.29, 0.717) is 14.9 Å². The number of carbonyl (C=O) groups is 2. The fourth-order valence-electron chi connectivity index (χ4n) is 3.46. The lowest BCUT2D eigenvalue weighted by Gasteiger charge is -2.34. The molecule has 2 aromatic rings. The number of rotatable bonds is 9. The molecule has 0 heterocycles. The molecule has 2 aromatic carbocycles. The molecule has 0 aliphatic rings. The van der Waals surface area contributed by atoms with Crippen LogP contribution in [0.1, 0.15) is 39.7 Å². The minimum absolute atomic E-state index is 0.0410. The predicted molar refractivity (Wildman–Crippen MR) is 138 cm³/mol. The van der Waals surface area contributed by atoms with Crippen molar-refractivity contribution in [3.8, 4) is 0 Å². The first-order chi connectivity index (χ1) is 16.1. The molecule has 0 radical (unpaired) electrons. The summed E-state index contributed by atoms with van der Waals surface area (Å²) in [6.45, 7) is 6.44. The van der Waals surface area contributed by atoms with Crippen LogP contribution in [0.4, 0.5) is 10.1 Å². The molecule has 192 valence electrons. The molecule has 1 atom stereocenters. The number of amides is 2. The summed E-state index contributed by atoms with van der Waals surface area (Å²) in [6, 6.07) is 9.16. The maximum atomic E-state index is 14.5. The fraction of sp³-hybridized carbons (Fsp3) is 0.417. The van der Waals surface area contributed by atoms with Crippen molar-refractivity contribution in [2.45, 2.75) is 52.2 Å². The second kappa shape index (κ2) is 11.6. The van der Waals surface area contributed by atoms with Crippen molar-refractivity contribution in [2.75, 3.05) is 17.1 Å². The van der Waals surface area contributed by atoms with Gasteiger partial charge >= 0.3 is 0 Å². The highest BCUT2D eigenvalue weighted by atomic mass is 35.5. The van der Waals surface area contributed by atoms with Gasteiger partial charge in [0.25, 0.3) is 0 Å². The number of carbonyl (C=O) groups excluding carboxylic acids is 2. The summed E-state index contributed by atoms with van der Waals surface area (Å²) in [4.78, 5) is 28.0. The number of hydrogen-bond acceptors (Lipinski definition) is 4. The van der Waals surface area contributed by atoms with Crippen molar-refractivity contribution in [1.82, 2.24) is 10.2 Å². The average molecular weight is 546 g/mol. The molecule has 0 spiro atoms. The molecule has 0 fully saturated rings. The van der Waals surface area contributed by atoms with Gasteiger partial charge in [0.05, 0.1) is 22.0 Å². The molecular formula is C24H30Cl2FN3O4S. The summed E-state index contributed by atoms with van der Waals surface area (Å²) < 4.78 is 40.2. The van der Waals surface area contributed by atoms with Crippen LogP contribution in [0.2, 0.25) is 10.0 Å². The second-order valence-corrected chi connectivity index (χ2v) is 11.9. The lowest BCUT2D eigenvalue weighted by Crippen LogP contribution is -2.55. The monoisotopic (exact) mass is 545 g/mol. The number of para-hydroxylation sites is 1. The number of halogens is 3. The topological polar surface area (TPSA) is 86.8 Å². The molecule has 11 heteroatoms. The summed E-state index contributed by atoms with van der Waals surface area (Å²) in [5.74, 6) is -1.87. The number of sulfonamides is 1. The van der Waals surface area contributed by atoms with E-state index in [2.05, 4.69) is 5.32 Å². The number of anilines is 1. The highest BCUT2D eigenvalue weighted by molar-refractivity contribution is 7.92. The Morgan fingerprint density at radius 1 is 1.09 bits per heavy atom. The van der Waals surface area contributed by atoms with Crippen LogP contribution in [0.15, 0.2) is 42.5 Å². The number of hydrogen-bond donors (Lipinski definition) is 1. The molecule has 0 aromatic heterocycles. The summed E-state index contributed by atoms with van der Waals surface area (Å²) in [6.07, 6.45) is 1.15. The van der Waals surface area contributed by atoms with E-state index in [0.717, 1.165) is 12.3 Å². The van der Waals surface area contributed by atoms with E-state index in [1.807, 2.05) is 20.8 Å². The van der Waals surface area contributed by atoms with Crippen LogP contribution in [0.5, 0.6) is 0 Å². The minimum Gasteiger partial charge on any atom is -0.350 e. The van der Waals surface area contributed by atoms with Gasteiger partial charge in [0.2, 0.25) is 21.8 Å². The van der Waals surface area contributed by atoms with Crippen molar-refractivity contribution in [2.24, 2.45) is 0 Å². The smallest absolute Gasteiger partial charge is 0.244 e. The molecule has 2 rings (SSSR count). The van der Waals surface area contributed by atoms with Crippen LogP contribution in [0.3, 0.4) is 0 Å². The molecule has 0 aliphatic carbocycles. The van der Waals surface area contributed by atoms with Gasteiger partial charge < -0.3 is 10.2 Å². The first kappa shape index (κ1) is 28.9. The zero-order valence-corrected chi connectivity index (χ0v) is 22.6. The Morgan fingerprint density at radius 3 is 2.23 bits per heavy atom. The molecule has 7 nitrogen and oxygen atoms in total. The Kier molecular flexibility index (Phi) is 9.56. The molecule has 0 saturated heterocycles. The second-order valence-electron chi connectivity index (χ2n) is 9.15. The molecule has 1 N–H and O–H groups in total. The Morgan fingerprint density at radius 2 is 1.71 bits per heavy atom. The average Bonchev–Trinajstić information content (AvgIpc) is 2.73. The number of nitrogens with one attached hydrogen (secondary N) is 1. The van der Waals surface area contributed by atoms with Gasteiger partial charge in [-0.3, -0.25) is 13.9 Å². The molecule has 0 saturated carbocycles. The fourth-order valence-corrected chi connectivity index (χ4v) is 4.63. The van der Waals surface area contributed by atoms with Crippen molar-refractivity contribution in [1.29, 1.82) is 0 Å². The normalized spacial score (nSPS) is 12.7. The van der Waals surface area contributed by atoms with Gasteiger partial charge in [-0.05, 0) is 57.0 Å². The largest absolute Gasteiger partial charge is 0.350 e. The molecular weight excluding hydrogens is 516 g/mol. The van der Waals surface area contributed by atoms with Gasteiger partial charge in [0.1, 0.15) is 18.4 Å². The highest BCUT2D eigenvalue weighted by Gasteiger charge is 2.33. The maximum absolute atomic E-state index is 14.5. The molecule has 0 unspecified atom stereocenters. The Hall–Kier alpha value is -2.36. The highest BCUT2D eigenvalue weighted by Crippen LogP contribution is 2.25. The molecule has 35 heavy (non-hydrogen) atoms. The van der Waals surface area contributed by atoms with Crippen LogP contribution >= 0.6 is 23.2 Å².